The number of benzene rings is 1. The molecule has 0 saturated carbocycles. The summed E-state index contributed by atoms with van der Waals surface area (Å²) in [4.78, 5) is 13.5. The molecule has 0 unspecified atom stereocenters. The fraction of sp³-hybridized carbons (Fsp3) is 0.231. The fourth-order valence-corrected chi connectivity index (χ4v) is 2.88. The monoisotopic (exact) mass is 258 g/mol. The van der Waals surface area contributed by atoms with Crippen molar-refractivity contribution in [2.75, 3.05) is 0 Å². The highest BCUT2D eigenvalue weighted by molar-refractivity contribution is 7.15. The van der Waals surface area contributed by atoms with E-state index in [1.807, 2.05) is 13.0 Å². The van der Waals surface area contributed by atoms with Crippen LogP contribution in [0.1, 0.15) is 16.3 Å². The van der Waals surface area contributed by atoms with Crippen molar-refractivity contribution >= 4 is 22.4 Å². The van der Waals surface area contributed by atoms with E-state index >= 15 is 0 Å². The van der Waals surface area contributed by atoms with Crippen molar-refractivity contribution in [1.82, 2.24) is 15.0 Å². The Balaban J connectivity index is 2.15. The number of rotatable bonds is 2. The first-order valence-corrected chi connectivity index (χ1v) is 6.62. The third-order valence-electron chi connectivity index (χ3n) is 2.87. The van der Waals surface area contributed by atoms with Crippen LogP contribution in [0.25, 0.3) is 21.7 Å². The molecular formula is C13H14N4S. The number of hydrogen-bond acceptors (Lipinski definition) is 4. The largest absolute Gasteiger partial charge is 0.337 e. The molecule has 2 heterocycles. The zero-order valence-corrected chi connectivity index (χ0v) is 11.1. The zero-order chi connectivity index (χ0) is 12.7. The van der Waals surface area contributed by atoms with Crippen LogP contribution in [0.4, 0.5) is 0 Å². The Hall–Kier alpha value is -1.72. The van der Waals surface area contributed by atoms with Gasteiger partial charge >= 0.3 is 0 Å². The number of nitrogens with one attached hydrogen (secondary N) is 1. The number of fused-ring (bicyclic) bond motifs is 1. The van der Waals surface area contributed by atoms with E-state index in [4.69, 9.17) is 5.73 Å². The highest BCUT2D eigenvalue weighted by Gasteiger charge is 2.12. The Morgan fingerprint density at radius 2 is 2.11 bits per heavy atom. The maximum atomic E-state index is 5.62. The van der Waals surface area contributed by atoms with Crippen molar-refractivity contribution < 1.29 is 0 Å². The van der Waals surface area contributed by atoms with Gasteiger partial charge in [-0.05, 0) is 31.5 Å². The predicted molar refractivity (Wildman–Crippen MR) is 74.6 cm³/mol. The average Bonchev–Trinajstić information content (AvgIpc) is 2.91. The lowest BCUT2D eigenvalue weighted by Crippen LogP contribution is -1.94. The second-order valence-electron chi connectivity index (χ2n) is 4.33. The Bertz CT molecular complexity index is 711. The van der Waals surface area contributed by atoms with Crippen molar-refractivity contribution in [3.05, 3.63) is 34.5 Å². The van der Waals surface area contributed by atoms with E-state index in [9.17, 15) is 0 Å². The van der Waals surface area contributed by atoms with Crippen LogP contribution in [0.3, 0.4) is 0 Å². The summed E-state index contributed by atoms with van der Waals surface area (Å²) in [6.07, 6.45) is 0. The molecule has 2 aromatic heterocycles. The number of nitrogens with zero attached hydrogens (tertiary/aromatic N) is 2. The molecule has 0 bridgehead atoms. The van der Waals surface area contributed by atoms with Gasteiger partial charge in [0.1, 0.15) is 5.01 Å². The van der Waals surface area contributed by atoms with Crippen LogP contribution in [0.5, 0.6) is 0 Å². The zero-order valence-electron chi connectivity index (χ0n) is 10.3. The minimum atomic E-state index is 0.477. The quantitative estimate of drug-likeness (QED) is 0.742. The molecule has 4 nitrogen and oxygen atoms in total. The number of aromatic nitrogens is 3. The van der Waals surface area contributed by atoms with Gasteiger partial charge in [0.2, 0.25) is 0 Å². The molecule has 3 rings (SSSR count). The van der Waals surface area contributed by atoms with Gasteiger partial charge in [-0.15, -0.1) is 11.3 Å². The average molecular weight is 258 g/mol. The first kappa shape index (κ1) is 11.4. The number of aryl methyl sites for hydroxylation is 2. The number of imidazole rings is 1. The van der Waals surface area contributed by atoms with E-state index in [0.717, 1.165) is 32.4 Å². The molecule has 0 aliphatic heterocycles. The van der Waals surface area contributed by atoms with Crippen LogP contribution in [0.15, 0.2) is 18.2 Å². The van der Waals surface area contributed by atoms with Crippen LogP contribution in [-0.2, 0) is 6.54 Å². The topological polar surface area (TPSA) is 67.6 Å². The summed E-state index contributed by atoms with van der Waals surface area (Å²) in [6, 6.07) is 6.20. The van der Waals surface area contributed by atoms with E-state index < -0.39 is 0 Å². The van der Waals surface area contributed by atoms with Gasteiger partial charge in [-0.25, -0.2) is 9.97 Å². The van der Waals surface area contributed by atoms with Crippen molar-refractivity contribution in [3.63, 3.8) is 0 Å². The van der Waals surface area contributed by atoms with Crippen LogP contribution in [0.2, 0.25) is 0 Å². The maximum absolute atomic E-state index is 5.62. The van der Waals surface area contributed by atoms with E-state index in [1.54, 1.807) is 11.3 Å². The van der Waals surface area contributed by atoms with Gasteiger partial charge in [0.05, 0.1) is 21.6 Å². The molecule has 0 amide bonds. The summed E-state index contributed by atoms with van der Waals surface area (Å²) in [6.45, 7) is 4.54. The molecule has 0 aliphatic rings. The van der Waals surface area contributed by atoms with E-state index in [2.05, 4.69) is 34.0 Å². The Morgan fingerprint density at radius 3 is 2.83 bits per heavy atom. The van der Waals surface area contributed by atoms with Gasteiger partial charge < -0.3 is 10.7 Å². The molecule has 3 N–H and O–H groups in total. The Morgan fingerprint density at radius 1 is 1.28 bits per heavy atom. The lowest BCUT2D eigenvalue weighted by Gasteiger charge is -1.90. The lowest BCUT2D eigenvalue weighted by atomic mass is 10.2. The van der Waals surface area contributed by atoms with Crippen LogP contribution in [-0.4, -0.2) is 15.0 Å². The van der Waals surface area contributed by atoms with Crippen molar-refractivity contribution in [3.8, 4) is 10.7 Å². The number of aromatic amines is 1. The third kappa shape index (κ3) is 1.81. The second-order valence-corrected chi connectivity index (χ2v) is 5.42. The van der Waals surface area contributed by atoms with Crippen LogP contribution >= 0.6 is 11.3 Å². The molecule has 18 heavy (non-hydrogen) atoms. The minimum absolute atomic E-state index is 0.477. The molecule has 0 saturated heterocycles. The van der Waals surface area contributed by atoms with Gasteiger partial charge in [0, 0.05) is 6.54 Å². The number of H-pyrrole nitrogens is 1. The van der Waals surface area contributed by atoms with Gasteiger partial charge in [-0.3, -0.25) is 0 Å². The number of nitrogens with two attached hydrogens (primary N) is 1. The minimum Gasteiger partial charge on any atom is -0.337 e. The van der Waals surface area contributed by atoms with Crippen molar-refractivity contribution in [2.45, 2.75) is 20.4 Å². The van der Waals surface area contributed by atoms with E-state index in [0.29, 0.717) is 6.54 Å². The normalized spacial score (nSPS) is 11.3. The molecule has 0 radical (unpaired) electrons. The van der Waals surface area contributed by atoms with Gasteiger partial charge in [-0.1, -0.05) is 6.07 Å². The van der Waals surface area contributed by atoms with Gasteiger partial charge in [0.15, 0.2) is 5.82 Å². The Kier molecular flexibility index (Phi) is 2.65. The Labute approximate surface area is 109 Å². The van der Waals surface area contributed by atoms with Gasteiger partial charge in [0.25, 0.3) is 0 Å². The molecule has 0 spiro atoms. The fourth-order valence-electron chi connectivity index (χ4n) is 1.99. The SMILES string of the molecule is Cc1ccc2nc(-c3sc(CN)nc3C)[nH]c2c1. The van der Waals surface area contributed by atoms with Crippen LogP contribution < -0.4 is 5.73 Å². The summed E-state index contributed by atoms with van der Waals surface area (Å²) in [5.74, 6) is 0.880. The second kappa shape index (κ2) is 4.19. The molecular weight excluding hydrogens is 244 g/mol. The highest BCUT2D eigenvalue weighted by Crippen LogP contribution is 2.29. The van der Waals surface area contributed by atoms with Crippen LogP contribution in [0, 0.1) is 13.8 Å². The number of hydrogen-bond donors (Lipinski definition) is 2. The maximum Gasteiger partial charge on any atom is 0.150 e. The standard InChI is InChI=1S/C13H14N4S/c1-7-3-4-9-10(5-7)17-13(16-9)12-8(2)15-11(6-14)18-12/h3-5H,6,14H2,1-2H3,(H,16,17). The highest BCUT2D eigenvalue weighted by atomic mass is 32.1. The first-order chi connectivity index (χ1) is 8.67. The van der Waals surface area contributed by atoms with Crippen molar-refractivity contribution in [2.24, 2.45) is 5.73 Å². The summed E-state index contributed by atoms with van der Waals surface area (Å²) in [5, 5.41) is 0.944. The molecule has 0 fully saturated rings. The molecule has 92 valence electrons. The first-order valence-electron chi connectivity index (χ1n) is 5.80. The smallest absolute Gasteiger partial charge is 0.150 e. The molecule has 3 aromatic rings. The summed E-state index contributed by atoms with van der Waals surface area (Å²) >= 11 is 1.60. The van der Waals surface area contributed by atoms with E-state index in [1.165, 1.54) is 5.56 Å². The van der Waals surface area contributed by atoms with Gasteiger partial charge in [-0.2, -0.15) is 0 Å². The van der Waals surface area contributed by atoms with Crippen molar-refractivity contribution in [1.29, 1.82) is 0 Å². The summed E-state index contributed by atoms with van der Waals surface area (Å²) in [5.41, 5.74) is 9.87. The molecule has 0 atom stereocenters. The summed E-state index contributed by atoms with van der Waals surface area (Å²) < 4.78 is 0. The molecule has 0 aliphatic carbocycles. The van der Waals surface area contributed by atoms with E-state index in [-0.39, 0.29) is 0 Å². The molecule has 5 heteroatoms. The predicted octanol–water partition coefficient (Wildman–Crippen LogP) is 2.76. The molecule has 1 aromatic carbocycles. The summed E-state index contributed by atoms with van der Waals surface area (Å²) in [7, 11) is 0. The lowest BCUT2D eigenvalue weighted by molar-refractivity contribution is 1.02. The third-order valence-corrected chi connectivity index (χ3v) is 4.05. The number of thiazole rings is 1.